The first kappa shape index (κ1) is 14.3. The van der Waals surface area contributed by atoms with Gasteiger partial charge in [0.05, 0.1) is 20.6 Å². The molecule has 0 radical (unpaired) electrons. The number of benzene rings is 1. The van der Waals surface area contributed by atoms with Crippen LogP contribution in [0.5, 0.6) is 11.5 Å². The molecule has 0 unspecified atom stereocenters. The molecule has 0 amide bonds. The third kappa shape index (κ3) is 4.63. The second-order valence-electron chi connectivity index (χ2n) is 3.82. The summed E-state index contributed by atoms with van der Waals surface area (Å²) in [5.41, 5.74) is 1.07. The van der Waals surface area contributed by atoms with Gasteiger partial charge in [0.2, 0.25) is 0 Å². The number of carboxylic acids is 1. The fraction of sp³-hybridized carbons (Fsp3) is 0.462. The molecule has 5 nitrogen and oxygen atoms in total. The van der Waals surface area contributed by atoms with E-state index < -0.39 is 5.97 Å². The van der Waals surface area contributed by atoms with Crippen LogP contribution in [0.4, 0.5) is 0 Å². The minimum Gasteiger partial charge on any atom is -0.497 e. The SMILES string of the molecule is COc1ccc(CCNCCC(=O)O)c(OC)c1. The van der Waals surface area contributed by atoms with Gasteiger partial charge in [-0.05, 0) is 24.6 Å². The Kier molecular flexibility index (Phi) is 6.00. The van der Waals surface area contributed by atoms with Crippen molar-refractivity contribution < 1.29 is 19.4 Å². The van der Waals surface area contributed by atoms with Gasteiger partial charge in [0.25, 0.3) is 0 Å². The Labute approximate surface area is 107 Å². The summed E-state index contributed by atoms with van der Waals surface area (Å²) in [5.74, 6) is 0.758. The second kappa shape index (κ2) is 7.55. The third-order valence-corrected chi connectivity index (χ3v) is 2.58. The lowest BCUT2D eigenvalue weighted by Crippen LogP contribution is -2.20. The maximum absolute atomic E-state index is 10.3. The lowest BCUT2D eigenvalue weighted by Gasteiger charge is -2.10. The van der Waals surface area contributed by atoms with Crippen LogP contribution in [0, 0.1) is 0 Å². The summed E-state index contributed by atoms with van der Waals surface area (Å²) in [7, 11) is 3.23. The quantitative estimate of drug-likeness (QED) is 0.684. The van der Waals surface area contributed by atoms with Gasteiger partial charge >= 0.3 is 5.97 Å². The van der Waals surface area contributed by atoms with E-state index in [0.29, 0.717) is 6.54 Å². The number of hydrogen-bond donors (Lipinski definition) is 2. The van der Waals surface area contributed by atoms with Crippen LogP contribution in [0.15, 0.2) is 18.2 Å². The zero-order valence-electron chi connectivity index (χ0n) is 10.7. The predicted octanol–water partition coefficient (Wildman–Crippen LogP) is 1.31. The van der Waals surface area contributed by atoms with E-state index in [0.717, 1.165) is 30.0 Å². The van der Waals surface area contributed by atoms with E-state index in [1.54, 1.807) is 14.2 Å². The Balaban J connectivity index is 2.44. The highest BCUT2D eigenvalue weighted by atomic mass is 16.5. The van der Waals surface area contributed by atoms with Crippen LogP contribution in [0.25, 0.3) is 0 Å². The van der Waals surface area contributed by atoms with Crippen molar-refractivity contribution in [2.24, 2.45) is 0 Å². The van der Waals surface area contributed by atoms with Crippen LogP contribution in [0.3, 0.4) is 0 Å². The average Bonchev–Trinajstić information content (AvgIpc) is 2.38. The highest BCUT2D eigenvalue weighted by molar-refractivity contribution is 5.66. The summed E-state index contributed by atoms with van der Waals surface area (Å²) in [6, 6.07) is 5.68. The van der Waals surface area contributed by atoms with E-state index in [4.69, 9.17) is 14.6 Å². The van der Waals surface area contributed by atoms with Gasteiger partial charge in [-0.1, -0.05) is 6.07 Å². The first-order valence-electron chi connectivity index (χ1n) is 5.80. The zero-order chi connectivity index (χ0) is 13.4. The molecule has 18 heavy (non-hydrogen) atoms. The Morgan fingerprint density at radius 3 is 2.67 bits per heavy atom. The Bertz CT molecular complexity index is 393. The lowest BCUT2D eigenvalue weighted by atomic mass is 10.1. The Morgan fingerprint density at radius 2 is 2.06 bits per heavy atom. The molecule has 0 aliphatic heterocycles. The molecule has 5 heteroatoms. The van der Waals surface area contributed by atoms with Gasteiger partial charge in [0.1, 0.15) is 11.5 Å². The number of ether oxygens (including phenoxy) is 2. The summed E-state index contributed by atoms with van der Waals surface area (Å²) in [6.07, 6.45) is 0.923. The van der Waals surface area contributed by atoms with Crippen LogP contribution >= 0.6 is 0 Å². The van der Waals surface area contributed by atoms with Crippen molar-refractivity contribution in [3.8, 4) is 11.5 Å². The topological polar surface area (TPSA) is 67.8 Å². The molecule has 2 N–H and O–H groups in total. The van der Waals surface area contributed by atoms with E-state index in [2.05, 4.69) is 5.32 Å². The number of hydrogen-bond acceptors (Lipinski definition) is 4. The molecule has 0 aliphatic rings. The maximum Gasteiger partial charge on any atom is 0.304 e. The van der Waals surface area contributed by atoms with Crippen molar-refractivity contribution in [1.29, 1.82) is 0 Å². The van der Waals surface area contributed by atoms with Gasteiger partial charge in [0.15, 0.2) is 0 Å². The van der Waals surface area contributed by atoms with Crippen molar-refractivity contribution in [3.63, 3.8) is 0 Å². The molecule has 0 saturated carbocycles. The van der Waals surface area contributed by atoms with Crippen molar-refractivity contribution in [2.45, 2.75) is 12.8 Å². The Morgan fingerprint density at radius 1 is 1.28 bits per heavy atom. The highest BCUT2D eigenvalue weighted by Gasteiger charge is 2.04. The maximum atomic E-state index is 10.3. The molecule has 0 aromatic heterocycles. The molecule has 0 heterocycles. The molecule has 0 fully saturated rings. The molecule has 100 valence electrons. The van der Waals surface area contributed by atoms with Crippen LogP contribution in [0.1, 0.15) is 12.0 Å². The second-order valence-corrected chi connectivity index (χ2v) is 3.82. The minimum absolute atomic E-state index is 0.139. The molecule has 1 aromatic rings. The normalized spacial score (nSPS) is 10.1. The fourth-order valence-electron chi connectivity index (χ4n) is 1.60. The van der Waals surface area contributed by atoms with Crippen molar-refractivity contribution in [1.82, 2.24) is 5.32 Å². The highest BCUT2D eigenvalue weighted by Crippen LogP contribution is 2.24. The summed E-state index contributed by atoms with van der Waals surface area (Å²) in [6.45, 7) is 1.20. The van der Waals surface area contributed by atoms with Crippen LogP contribution in [-0.4, -0.2) is 38.4 Å². The zero-order valence-corrected chi connectivity index (χ0v) is 10.7. The van der Waals surface area contributed by atoms with Crippen LogP contribution in [-0.2, 0) is 11.2 Å². The molecule has 0 spiro atoms. The van der Waals surface area contributed by atoms with Gasteiger partial charge in [0, 0.05) is 12.6 Å². The molecule has 1 aromatic carbocycles. The van der Waals surface area contributed by atoms with Gasteiger partial charge in [-0.2, -0.15) is 0 Å². The number of carboxylic acid groups (broad SMARTS) is 1. The van der Waals surface area contributed by atoms with Crippen LogP contribution < -0.4 is 14.8 Å². The van der Waals surface area contributed by atoms with Crippen molar-refractivity contribution >= 4 is 5.97 Å². The van der Waals surface area contributed by atoms with Crippen molar-refractivity contribution in [2.75, 3.05) is 27.3 Å². The van der Waals surface area contributed by atoms with E-state index in [9.17, 15) is 4.79 Å². The first-order valence-corrected chi connectivity index (χ1v) is 5.80. The number of methoxy groups -OCH3 is 2. The fourth-order valence-corrected chi connectivity index (χ4v) is 1.60. The third-order valence-electron chi connectivity index (χ3n) is 2.58. The molecule has 0 saturated heterocycles. The van der Waals surface area contributed by atoms with E-state index in [1.165, 1.54) is 0 Å². The molecule has 0 bridgehead atoms. The molecule has 1 rings (SSSR count). The smallest absolute Gasteiger partial charge is 0.304 e. The monoisotopic (exact) mass is 253 g/mol. The van der Waals surface area contributed by atoms with E-state index >= 15 is 0 Å². The van der Waals surface area contributed by atoms with Gasteiger partial charge in [-0.3, -0.25) is 4.79 Å². The standard InChI is InChI=1S/C13H19NO4/c1-17-11-4-3-10(12(9-11)18-2)5-7-14-8-6-13(15)16/h3-4,9,14H,5-8H2,1-2H3,(H,15,16). The molecule has 0 atom stereocenters. The van der Waals surface area contributed by atoms with E-state index in [1.807, 2.05) is 18.2 Å². The molecule has 0 aliphatic carbocycles. The lowest BCUT2D eigenvalue weighted by molar-refractivity contribution is -0.136. The van der Waals surface area contributed by atoms with Crippen molar-refractivity contribution in [3.05, 3.63) is 23.8 Å². The molecular weight excluding hydrogens is 234 g/mol. The summed E-state index contributed by atoms with van der Waals surface area (Å²) in [4.78, 5) is 10.3. The number of aliphatic carboxylic acids is 1. The van der Waals surface area contributed by atoms with Gasteiger partial charge < -0.3 is 19.9 Å². The number of rotatable bonds is 8. The number of carbonyl (C=O) groups is 1. The summed E-state index contributed by atoms with van der Waals surface area (Å²) in [5, 5.41) is 11.6. The van der Waals surface area contributed by atoms with Crippen LogP contribution in [0.2, 0.25) is 0 Å². The summed E-state index contributed by atoms with van der Waals surface area (Å²) < 4.78 is 10.4. The van der Waals surface area contributed by atoms with Gasteiger partial charge in [-0.25, -0.2) is 0 Å². The average molecular weight is 253 g/mol. The Hall–Kier alpha value is -1.75. The number of nitrogens with one attached hydrogen (secondary N) is 1. The predicted molar refractivity (Wildman–Crippen MR) is 68.4 cm³/mol. The van der Waals surface area contributed by atoms with E-state index in [-0.39, 0.29) is 6.42 Å². The van der Waals surface area contributed by atoms with Gasteiger partial charge in [-0.15, -0.1) is 0 Å². The minimum atomic E-state index is -0.787. The largest absolute Gasteiger partial charge is 0.497 e. The summed E-state index contributed by atoms with van der Waals surface area (Å²) >= 11 is 0. The first-order chi connectivity index (χ1) is 8.67. The molecular formula is C13H19NO4.